The van der Waals surface area contributed by atoms with Gasteiger partial charge in [0.15, 0.2) is 5.15 Å². The van der Waals surface area contributed by atoms with Gasteiger partial charge < -0.3 is 25.6 Å². The van der Waals surface area contributed by atoms with Crippen molar-refractivity contribution in [2.24, 2.45) is 16.6 Å². The predicted octanol–water partition coefficient (Wildman–Crippen LogP) is 12.8. The van der Waals surface area contributed by atoms with Gasteiger partial charge in [0.25, 0.3) is 0 Å². The van der Waals surface area contributed by atoms with Crippen molar-refractivity contribution in [2.75, 3.05) is 36.0 Å². The lowest BCUT2D eigenvalue weighted by atomic mass is 9.74. The van der Waals surface area contributed by atoms with Crippen LogP contribution in [-0.4, -0.2) is 106 Å². The molecule has 78 heavy (non-hydrogen) atoms. The number of nitrogens with zero attached hydrogens (tertiary/aromatic N) is 10. The number of fused-ring (bicyclic) bond motifs is 2. The number of H-pyrrole nitrogens is 2. The van der Waals surface area contributed by atoms with Gasteiger partial charge in [-0.1, -0.05) is 119 Å². The molecule has 0 bridgehead atoms. The van der Waals surface area contributed by atoms with Crippen LogP contribution >= 0.6 is 58.0 Å². The fourth-order valence-corrected chi connectivity index (χ4v) is 12.5. The number of anilines is 2. The summed E-state index contributed by atoms with van der Waals surface area (Å²) in [5, 5.41) is 19.8. The topological polar surface area (TPSA) is 223 Å². The van der Waals surface area contributed by atoms with Gasteiger partial charge in [0.05, 0.1) is 45.0 Å². The number of nitrogens with two attached hydrogens (primary N) is 1. The van der Waals surface area contributed by atoms with E-state index >= 15 is 0 Å². The molecule has 0 radical (unpaired) electrons. The Hall–Kier alpha value is -6.21. The van der Waals surface area contributed by atoms with Gasteiger partial charge in [-0.3, -0.25) is 15.0 Å². The van der Waals surface area contributed by atoms with Crippen molar-refractivity contribution in [2.45, 2.75) is 103 Å². The molecule has 1 unspecified atom stereocenters. The first-order valence-corrected chi connectivity index (χ1v) is 28.0. The molecule has 406 valence electrons. The third kappa shape index (κ3) is 11.9. The molecule has 5 aromatic heterocycles. The number of amides is 1. The van der Waals surface area contributed by atoms with E-state index in [0.717, 1.165) is 111 Å². The van der Waals surface area contributed by atoms with Crippen LogP contribution in [0.25, 0.3) is 44.8 Å². The lowest BCUT2D eigenvalue weighted by Gasteiger charge is -2.43. The van der Waals surface area contributed by atoms with Gasteiger partial charge >= 0.3 is 6.09 Å². The molecule has 12 rings (SSSR count). The quantitative estimate of drug-likeness (QED) is 0.109. The second-order valence-corrected chi connectivity index (χ2v) is 23.4. The molecule has 2 spiro atoms. The second-order valence-electron chi connectivity index (χ2n) is 21.4. The number of aromatic nitrogens is 10. The second kappa shape index (κ2) is 23.2. The summed E-state index contributed by atoms with van der Waals surface area (Å²) in [6.07, 6.45) is 15.9. The highest BCUT2D eigenvalue weighted by Gasteiger charge is 2.46. The molecule has 4 aliphatic rings. The molecule has 22 heteroatoms. The fraction of sp³-hybridized carbons (Fsp3) is 0.393. The van der Waals surface area contributed by atoms with Crippen molar-refractivity contribution in [3.63, 3.8) is 0 Å². The Morgan fingerprint density at radius 1 is 0.641 bits per heavy atom. The average Bonchev–Trinajstić information content (AvgIpc) is 4.25. The number of rotatable bonds is 7. The van der Waals surface area contributed by atoms with Gasteiger partial charge in [-0.25, -0.2) is 34.7 Å². The summed E-state index contributed by atoms with van der Waals surface area (Å²) in [6, 6.07) is 22.5. The highest BCUT2D eigenvalue weighted by Crippen LogP contribution is 2.48. The number of carbonyl (C=O) groups excluding carboxylic acids is 2. The Bertz CT molecular complexity index is 3460. The summed E-state index contributed by atoms with van der Waals surface area (Å²) < 4.78 is 5.51. The molecule has 2 saturated carbocycles. The van der Waals surface area contributed by atoms with Gasteiger partial charge in [-0.15, -0.1) is 0 Å². The van der Waals surface area contributed by atoms with E-state index in [1.54, 1.807) is 24.3 Å². The molecule has 2 aliphatic heterocycles. The number of benzene rings is 3. The van der Waals surface area contributed by atoms with Gasteiger partial charge in [0, 0.05) is 55.0 Å². The summed E-state index contributed by atoms with van der Waals surface area (Å²) in [4.78, 5) is 55.6. The molecule has 2 atom stereocenters. The number of piperidine rings is 2. The molecule has 7 heterocycles. The van der Waals surface area contributed by atoms with E-state index in [1.807, 2.05) is 81.7 Å². The Labute approximate surface area is 476 Å². The molecule has 17 nitrogen and oxygen atoms in total. The molecule has 3 aromatic carbocycles. The molecule has 5 N–H and O–H groups in total. The molecule has 8 aromatic rings. The third-order valence-corrected chi connectivity index (χ3v) is 17.0. The van der Waals surface area contributed by atoms with Gasteiger partial charge in [0.1, 0.15) is 39.1 Å². The zero-order valence-electron chi connectivity index (χ0n) is 43.4. The number of hydrogen-bond acceptors (Lipinski definition) is 14. The summed E-state index contributed by atoms with van der Waals surface area (Å²) in [5.41, 5.74) is 12.7. The monoisotopic (exact) mass is 1150 g/mol. The number of aromatic amines is 2. The summed E-state index contributed by atoms with van der Waals surface area (Å²) in [6.45, 7) is 9.38. The van der Waals surface area contributed by atoms with Crippen LogP contribution in [0.4, 0.5) is 16.4 Å². The van der Waals surface area contributed by atoms with Crippen LogP contribution < -0.4 is 20.9 Å². The highest BCUT2D eigenvalue weighted by molar-refractivity contribution is 6.38. The molecule has 2 saturated heterocycles. The van der Waals surface area contributed by atoms with Crippen LogP contribution in [0.1, 0.15) is 101 Å². The molecule has 1 amide bonds. The molecule has 4 fully saturated rings. The predicted molar refractivity (Wildman–Crippen MR) is 308 cm³/mol. The molecule has 2 aliphatic carbocycles. The van der Waals surface area contributed by atoms with E-state index in [-0.39, 0.29) is 39.3 Å². The van der Waals surface area contributed by atoms with Crippen molar-refractivity contribution in [3.05, 3.63) is 128 Å². The lowest BCUT2D eigenvalue weighted by Crippen LogP contribution is -2.51. The van der Waals surface area contributed by atoms with Crippen molar-refractivity contribution < 1.29 is 14.3 Å². The summed E-state index contributed by atoms with van der Waals surface area (Å²) >= 11 is 30.0. The maximum atomic E-state index is 12.4. The minimum Gasteiger partial charge on any atom is -0.444 e. The first-order valence-electron chi connectivity index (χ1n) is 26.1. The van der Waals surface area contributed by atoms with Crippen LogP contribution in [0, 0.1) is 10.8 Å². The standard InChI is InChI=1S/C25H31ClN6O2.C20H23ClN6.C11H5Cl3N2O/c1-24(2,3)34-23(33)28-18-9-6-10-25(18)11-13-32(14-12-25)19-15-27-21-20(30-31-22(21)29-19)16-7-4-5-8-17(16)26;21-14-5-2-1-4-13(14)17-18-19(26-25-17)24-16(12-23-18)27-10-8-20(9-11-27)7-3-6-15(20)22;12-7-4-2-1-3-6(7)10(17)9-11(14)16-8(13)5-15-9/h4-5,7-8,15,18H,6,9-14H2,1-3H3,(H,28,33)(H,29,30,31);1-2,4-5,12,15H,3,6-11,22H2,(H,24,25,26);1-5H/t;15-;/m.0./s1. The van der Waals surface area contributed by atoms with E-state index in [4.69, 9.17) is 78.4 Å². The smallest absolute Gasteiger partial charge is 0.407 e. The maximum absolute atomic E-state index is 12.4. The van der Waals surface area contributed by atoms with Crippen molar-refractivity contribution in [3.8, 4) is 22.5 Å². The van der Waals surface area contributed by atoms with E-state index in [9.17, 15) is 9.59 Å². The molecular formula is C56H59Cl5N14O3. The van der Waals surface area contributed by atoms with Crippen LogP contribution in [0.15, 0.2) is 91.4 Å². The van der Waals surface area contributed by atoms with Crippen LogP contribution in [0.2, 0.25) is 25.4 Å². The van der Waals surface area contributed by atoms with E-state index in [2.05, 4.69) is 55.4 Å². The first kappa shape index (κ1) is 55.1. The minimum atomic E-state index is -0.492. The Balaban J connectivity index is 0.000000140. The lowest BCUT2D eigenvalue weighted by molar-refractivity contribution is 0.0442. The van der Waals surface area contributed by atoms with Crippen molar-refractivity contribution in [1.82, 2.24) is 55.6 Å². The highest BCUT2D eigenvalue weighted by atomic mass is 35.5. The zero-order valence-corrected chi connectivity index (χ0v) is 47.2. The number of hydrogen-bond donors (Lipinski definition) is 4. The van der Waals surface area contributed by atoms with Gasteiger partial charge in [-0.05, 0) is 107 Å². The van der Waals surface area contributed by atoms with E-state index < -0.39 is 5.60 Å². The zero-order chi connectivity index (χ0) is 54.8. The summed E-state index contributed by atoms with van der Waals surface area (Å²) in [5.74, 6) is 1.33. The minimum absolute atomic E-state index is 0.0316. The van der Waals surface area contributed by atoms with Crippen LogP contribution in [-0.2, 0) is 4.74 Å². The largest absolute Gasteiger partial charge is 0.444 e. The Morgan fingerprint density at radius 3 is 1.64 bits per heavy atom. The normalized spacial score (nSPS) is 18.6. The Morgan fingerprint density at radius 2 is 1.14 bits per heavy atom. The maximum Gasteiger partial charge on any atom is 0.407 e. The molecular weight excluding hydrogens is 1090 g/mol. The Kier molecular flexibility index (Phi) is 16.4. The number of alkyl carbamates (subject to hydrolysis) is 1. The fourth-order valence-electron chi connectivity index (χ4n) is 11.4. The number of halogens is 5. The third-order valence-electron chi connectivity index (χ3n) is 15.6. The average molecular weight is 1150 g/mol. The SMILES string of the molecule is CC(C)(C)OC(=O)NC1CCCC12CCN(c1cnc3c(-c4ccccc4Cl)[nH]nc3n1)CC2.N[C@H]1CCCC12CCN(c1cnc3c(-c4ccccc4Cl)[nH]nc3n1)CC2.O=C(c1ccccc1Cl)c1ncc(Cl)nc1Cl. The number of ether oxygens (including phenoxy) is 1. The van der Waals surface area contributed by atoms with Gasteiger partial charge in [0.2, 0.25) is 17.1 Å². The van der Waals surface area contributed by atoms with E-state index in [1.165, 1.54) is 25.5 Å². The van der Waals surface area contributed by atoms with Crippen LogP contribution in [0.3, 0.4) is 0 Å². The first-order chi connectivity index (χ1) is 37.5. The van der Waals surface area contributed by atoms with Crippen LogP contribution in [0.5, 0.6) is 0 Å². The van der Waals surface area contributed by atoms with Crippen molar-refractivity contribution >= 4 is 104 Å². The number of ketones is 1. The van der Waals surface area contributed by atoms with E-state index in [0.29, 0.717) is 48.9 Å². The number of nitrogens with one attached hydrogen (secondary N) is 3. The van der Waals surface area contributed by atoms with Gasteiger partial charge in [-0.2, -0.15) is 10.2 Å². The number of carbonyl (C=O) groups is 2. The summed E-state index contributed by atoms with van der Waals surface area (Å²) in [7, 11) is 0. The van der Waals surface area contributed by atoms with Crippen molar-refractivity contribution in [1.29, 1.82) is 0 Å².